The molecular weight excluding hydrogens is 296 g/mol. The number of primary sulfonamides is 1. The van der Waals surface area contributed by atoms with Crippen LogP contribution in [0.3, 0.4) is 0 Å². The molecule has 0 aromatic heterocycles. The Morgan fingerprint density at radius 2 is 1.67 bits per heavy atom. The van der Waals surface area contributed by atoms with E-state index in [1.165, 1.54) is 6.92 Å². The van der Waals surface area contributed by atoms with Crippen LogP contribution in [0.1, 0.15) is 6.92 Å². The van der Waals surface area contributed by atoms with Gasteiger partial charge in [-0.2, -0.15) is 0 Å². The number of piperazine rings is 1. The fourth-order valence-corrected chi connectivity index (χ4v) is 3.11. The van der Waals surface area contributed by atoms with Gasteiger partial charge in [-0.15, -0.1) is 0 Å². The molecule has 120 valence electrons. The largest absolute Gasteiger partial charge is 0.341 e. The summed E-state index contributed by atoms with van der Waals surface area (Å²) in [4.78, 5) is 28.8. The van der Waals surface area contributed by atoms with Crippen LogP contribution in [0.25, 0.3) is 0 Å². The van der Waals surface area contributed by atoms with E-state index in [1.807, 2.05) is 4.90 Å². The third-order valence-corrected chi connectivity index (χ3v) is 4.80. The molecule has 0 unspecified atom stereocenters. The number of amides is 2. The summed E-state index contributed by atoms with van der Waals surface area (Å²) in [6.45, 7) is 5.45. The standard InChI is InChI=1S/C12H22N4O4S/c1-10(17)16-8-11(9-16)12(18)15-4-2-14(3-5-15)6-7-21(13,19)20/h11H,2-9H2,1H3,(H2,13,19,20). The fraction of sp³-hybridized carbons (Fsp3) is 0.833. The first kappa shape index (κ1) is 16.2. The fourth-order valence-electron chi connectivity index (χ4n) is 2.60. The monoisotopic (exact) mass is 318 g/mol. The zero-order chi connectivity index (χ0) is 15.6. The van der Waals surface area contributed by atoms with E-state index in [-0.39, 0.29) is 23.5 Å². The number of nitrogens with zero attached hydrogens (tertiary/aromatic N) is 3. The highest BCUT2D eigenvalue weighted by molar-refractivity contribution is 7.89. The summed E-state index contributed by atoms with van der Waals surface area (Å²) >= 11 is 0. The molecular formula is C12H22N4O4S. The van der Waals surface area contributed by atoms with Crippen molar-refractivity contribution in [1.29, 1.82) is 0 Å². The molecule has 0 aromatic carbocycles. The van der Waals surface area contributed by atoms with Crippen LogP contribution in [0.4, 0.5) is 0 Å². The van der Waals surface area contributed by atoms with E-state index >= 15 is 0 Å². The van der Waals surface area contributed by atoms with Gasteiger partial charge in [0.05, 0.1) is 11.7 Å². The van der Waals surface area contributed by atoms with Crippen LogP contribution in [-0.2, 0) is 19.6 Å². The number of hydrogen-bond donors (Lipinski definition) is 1. The Morgan fingerprint density at radius 1 is 1.10 bits per heavy atom. The van der Waals surface area contributed by atoms with Gasteiger partial charge in [0.25, 0.3) is 0 Å². The second kappa shape index (κ2) is 6.29. The molecule has 0 atom stereocenters. The molecule has 8 nitrogen and oxygen atoms in total. The molecule has 0 bridgehead atoms. The minimum atomic E-state index is -3.44. The number of rotatable bonds is 4. The maximum atomic E-state index is 12.2. The van der Waals surface area contributed by atoms with E-state index in [0.29, 0.717) is 45.8 Å². The number of nitrogens with two attached hydrogens (primary N) is 1. The van der Waals surface area contributed by atoms with Crippen LogP contribution >= 0.6 is 0 Å². The molecule has 2 saturated heterocycles. The second-order valence-corrected chi connectivity index (χ2v) is 7.39. The van der Waals surface area contributed by atoms with Crippen molar-refractivity contribution in [1.82, 2.24) is 14.7 Å². The molecule has 0 saturated carbocycles. The van der Waals surface area contributed by atoms with Crippen LogP contribution in [0.15, 0.2) is 0 Å². The molecule has 2 fully saturated rings. The normalized spacial score (nSPS) is 21.2. The molecule has 2 aliphatic heterocycles. The van der Waals surface area contributed by atoms with E-state index in [0.717, 1.165) is 0 Å². The average Bonchev–Trinajstić information content (AvgIpc) is 2.33. The molecule has 0 radical (unpaired) electrons. The summed E-state index contributed by atoms with van der Waals surface area (Å²) in [5, 5.41) is 4.98. The highest BCUT2D eigenvalue weighted by Gasteiger charge is 2.37. The number of carbonyl (C=O) groups is 2. The Bertz CT molecular complexity index is 507. The average molecular weight is 318 g/mol. The van der Waals surface area contributed by atoms with Crippen molar-refractivity contribution < 1.29 is 18.0 Å². The highest BCUT2D eigenvalue weighted by atomic mass is 32.2. The zero-order valence-electron chi connectivity index (χ0n) is 12.2. The van der Waals surface area contributed by atoms with E-state index < -0.39 is 10.0 Å². The summed E-state index contributed by atoms with van der Waals surface area (Å²) in [7, 11) is -3.44. The van der Waals surface area contributed by atoms with Gasteiger partial charge < -0.3 is 9.80 Å². The van der Waals surface area contributed by atoms with Crippen LogP contribution in [-0.4, -0.2) is 86.5 Å². The van der Waals surface area contributed by atoms with Gasteiger partial charge in [0, 0.05) is 52.7 Å². The summed E-state index contributed by atoms with van der Waals surface area (Å²) < 4.78 is 21.8. The van der Waals surface area contributed by atoms with Crippen molar-refractivity contribution in [2.24, 2.45) is 11.1 Å². The van der Waals surface area contributed by atoms with Crippen molar-refractivity contribution in [3.63, 3.8) is 0 Å². The predicted octanol–water partition coefficient (Wildman–Crippen LogP) is -2.10. The molecule has 2 rings (SSSR count). The van der Waals surface area contributed by atoms with Crippen LogP contribution in [0.2, 0.25) is 0 Å². The van der Waals surface area contributed by atoms with Gasteiger partial charge in [-0.05, 0) is 0 Å². The smallest absolute Gasteiger partial charge is 0.229 e. The maximum absolute atomic E-state index is 12.2. The SMILES string of the molecule is CC(=O)N1CC(C(=O)N2CCN(CCS(N)(=O)=O)CC2)C1. The van der Waals surface area contributed by atoms with E-state index in [1.54, 1.807) is 9.80 Å². The Hall–Kier alpha value is -1.19. The number of hydrogen-bond acceptors (Lipinski definition) is 5. The molecule has 0 aromatic rings. The van der Waals surface area contributed by atoms with E-state index in [2.05, 4.69) is 0 Å². The second-order valence-electron chi connectivity index (χ2n) is 5.65. The van der Waals surface area contributed by atoms with Crippen molar-refractivity contribution in [2.45, 2.75) is 6.92 Å². The maximum Gasteiger partial charge on any atom is 0.229 e. The minimum Gasteiger partial charge on any atom is -0.341 e. The zero-order valence-corrected chi connectivity index (χ0v) is 13.0. The lowest BCUT2D eigenvalue weighted by molar-refractivity contribution is -0.148. The van der Waals surface area contributed by atoms with Gasteiger partial charge in [-0.1, -0.05) is 0 Å². The lowest BCUT2D eigenvalue weighted by Gasteiger charge is -2.42. The van der Waals surface area contributed by atoms with Crippen LogP contribution in [0.5, 0.6) is 0 Å². The topological polar surface area (TPSA) is 104 Å². The van der Waals surface area contributed by atoms with Gasteiger partial charge in [0.15, 0.2) is 0 Å². The number of likely N-dealkylation sites (tertiary alicyclic amines) is 1. The molecule has 0 aliphatic carbocycles. The summed E-state index contributed by atoms with van der Waals surface area (Å²) in [6, 6.07) is 0. The minimum absolute atomic E-state index is 0.00635. The first-order valence-electron chi connectivity index (χ1n) is 7.03. The predicted molar refractivity (Wildman–Crippen MR) is 76.7 cm³/mol. The first-order chi connectivity index (χ1) is 9.76. The van der Waals surface area contributed by atoms with Gasteiger partial charge in [0.2, 0.25) is 21.8 Å². The molecule has 2 amide bonds. The number of sulfonamides is 1. The molecule has 9 heteroatoms. The quantitative estimate of drug-likeness (QED) is 0.639. The van der Waals surface area contributed by atoms with Gasteiger partial charge in [-0.25, -0.2) is 13.6 Å². The summed E-state index contributed by atoms with van der Waals surface area (Å²) in [6.07, 6.45) is 0. The van der Waals surface area contributed by atoms with Crippen LogP contribution < -0.4 is 5.14 Å². The third-order valence-electron chi connectivity index (χ3n) is 4.05. The van der Waals surface area contributed by atoms with Crippen molar-refractivity contribution in [3.05, 3.63) is 0 Å². The van der Waals surface area contributed by atoms with Crippen molar-refractivity contribution in [3.8, 4) is 0 Å². The third kappa shape index (κ3) is 4.39. The first-order valence-corrected chi connectivity index (χ1v) is 8.75. The van der Waals surface area contributed by atoms with E-state index in [4.69, 9.17) is 5.14 Å². The van der Waals surface area contributed by atoms with Gasteiger partial charge in [-0.3, -0.25) is 14.5 Å². The summed E-state index contributed by atoms with van der Waals surface area (Å²) in [5.41, 5.74) is 0. The van der Waals surface area contributed by atoms with Crippen molar-refractivity contribution in [2.75, 3.05) is 51.6 Å². The molecule has 0 spiro atoms. The molecule has 21 heavy (non-hydrogen) atoms. The van der Waals surface area contributed by atoms with Gasteiger partial charge in [0.1, 0.15) is 0 Å². The Morgan fingerprint density at radius 3 is 2.14 bits per heavy atom. The van der Waals surface area contributed by atoms with E-state index in [9.17, 15) is 18.0 Å². The molecule has 2 N–H and O–H groups in total. The van der Waals surface area contributed by atoms with Gasteiger partial charge >= 0.3 is 0 Å². The van der Waals surface area contributed by atoms with Crippen molar-refractivity contribution >= 4 is 21.8 Å². The highest BCUT2D eigenvalue weighted by Crippen LogP contribution is 2.19. The Balaban J connectivity index is 1.72. The number of carbonyl (C=O) groups excluding carboxylic acids is 2. The van der Waals surface area contributed by atoms with Crippen LogP contribution in [0, 0.1) is 5.92 Å². The lowest BCUT2D eigenvalue weighted by Crippen LogP contribution is -2.58. The molecule has 2 aliphatic rings. The Kier molecular flexibility index (Phi) is 4.84. The molecule has 2 heterocycles. The summed E-state index contributed by atoms with van der Waals surface area (Å²) in [5.74, 6) is -0.0349. The lowest BCUT2D eigenvalue weighted by atomic mass is 9.98. The Labute approximate surface area is 124 Å².